The van der Waals surface area contributed by atoms with Crippen LogP contribution in [-0.4, -0.2) is 37.9 Å². The van der Waals surface area contributed by atoms with Gasteiger partial charge < -0.3 is 10.1 Å². The summed E-state index contributed by atoms with van der Waals surface area (Å²) < 4.78 is 39.8. The second-order valence-electron chi connectivity index (χ2n) is 4.86. The number of ether oxygens (including phenoxy) is 1. The predicted octanol–water partition coefficient (Wildman–Crippen LogP) is 3.34. The highest BCUT2D eigenvalue weighted by Gasteiger charge is 2.27. The Morgan fingerprint density at radius 3 is 2.72 bits per heavy atom. The Balaban J connectivity index is 1.89. The van der Waals surface area contributed by atoms with Crippen molar-refractivity contribution in [2.75, 3.05) is 26.3 Å². The van der Waals surface area contributed by atoms with E-state index < -0.39 is 12.8 Å². The first-order valence-electron chi connectivity index (χ1n) is 6.46. The molecule has 1 N–H and O–H groups in total. The predicted molar refractivity (Wildman–Crippen MR) is 66.0 cm³/mol. The minimum Gasteiger partial charge on any atom is -0.372 e. The minimum absolute atomic E-state index is 0.148. The van der Waals surface area contributed by atoms with Crippen molar-refractivity contribution in [1.29, 1.82) is 0 Å². The van der Waals surface area contributed by atoms with Gasteiger partial charge in [-0.2, -0.15) is 13.2 Å². The molecule has 0 spiro atoms. The minimum atomic E-state index is -4.22. The molecule has 18 heavy (non-hydrogen) atoms. The largest absolute Gasteiger partial charge is 0.411 e. The molecule has 2 atom stereocenters. The molecule has 1 aliphatic rings. The SMILES string of the molecule is FC(F)(F)COCCCNCC1CCCC(Cl)C1. The Morgan fingerprint density at radius 2 is 2.06 bits per heavy atom. The first kappa shape index (κ1) is 16.1. The highest BCUT2D eigenvalue weighted by Crippen LogP contribution is 2.27. The molecule has 1 saturated carbocycles. The molecule has 0 heterocycles. The summed E-state index contributed by atoms with van der Waals surface area (Å²) >= 11 is 6.08. The summed E-state index contributed by atoms with van der Waals surface area (Å²) in [5.74, 6) is 0.609. The number of halogens is 4. The molecule has 6 heteroatoms. The van der Waals surface area contributed by atoms with Crippen LogP contribution in [0.15, 0.2) is 0 Å². The van der Waals surface area contributed by atoms with E-state index in [-0.39, 0.29) is 6.61 Å². The lowest BCUT2D eigenvalue weighted by Crippen LogP contribution is -2.28. The summed E-state index contributed by atoms with van der Waals surface area (Å²) in [5, 5.41) is 3.55. The van der Waals surface area contributed by atoms with Crippen LogP contribution in [0, 0.1) is 5.92 Å². The van der Waals surface area contributed by atoms with Crippen molar-refractivity contribution in [3.63, 3.8) is 0 Å². The van der Waals surface area contributed by atoms with Gasteiger partial charge in [-0.1, -0.05) is 6.42 Å². The molecule has 1 fully saturated rings. The number of alkyl halides is 4. The molecule has 0 aromatic heterocycles. The fourth-order valence-corrected chi connectivity index (χ4v) is 2.61. The smallest absolute Gasteiger partial charge is 0.372 e. The van der Waals surface area contributed by atoms with Crippen molar-refractivity contribution in [1.82, 2.24) is 5.32 Å². The van der Waals surface area contributed by atoms with E-state index in [0.717, 1.165) is 19.4 Å². The normalized spacial score (nSPS) is 25.3. The Labute approximate surface area is 111 Å². The third-order valence-corrected chi connectivity index (χ3v) is 3.46. The van der Waals surface area contributed by atoms with Crippen LogP contribution < -0.4 is 5.32 Å². The Bertz CT molecular complexity index is 226. The molecule has 108 valence electrons. The van der Waals surface area contributed by atoms with Crippen molar-refractivity contribution in [3.8, 4) is 0 Å². The second-order valence-corrected chi connectivity index (χ2v) is 5.47. The molecule has 0 aromatic carbocycles. The Kier molecular flexibility index (Phi) is 7.34. The first-order valence-corrected chi connectivity index (χ1v) is 6.90. The number of nitrogens with one attached hydrogen (secondary N) is 1. The maximum Gasteiger partial charge on any atom is 0.411 e. The van der Waals surface area contributed by atoms with Gasteiger partial charge in [-0.05, 0) is 44.7 Å². The van der Waals surface area contributed by atoms with Gasteiger partial charge in [-0.25, -0.2) is 0 Å². The molecule has 1 rings (SSSR count). The number of rotatable bonds is 7. The molecular weight excluding hydrogens is 267 g/mol. The second kappa shape index (κ2) is 8.23. The quantitative estimate of drug-likeness (QED) is 0.573. The third-order valence-electron chi connectivity index (χ3n) is 3.06. The van der Waals surface area contributed by atoms with E-state index in [9.17, 15) is 13.2 Å². The molecule has 0 aliphatic heterocycles. The van der Waals surface area contributed by atoms with E-state index in [1.54, 1.807) is 0 Å². The fourth-order valence-electron chi connectivity index (χ4n) is 2.20. The van der Waals surface area contributed by atoms with E-state index in [4.69, 9.17) is 11.6 Å². The van der Waals surface area contributed by atoms with E-state index in [2.05, 4.69) is 10.1 Å². The maximum atomic E-state index is 11.8. The van der Waals surface area contributed by atoms with Crippen molar-refractivity contribution in [2.45, 2.75) is 43.7 Å². The fraction of sp³-hybridized carbons (Fsp3) is 1.00. The first-order chi connectivity index (χ1) is 8.47. The topological polar surface area (TPSA) is 21.3 Å². The molecular formula is C12H21ClF3NO. The summed E-state index contributed by atoms with van der Waals surface area (Å²) in [7, 11) is 0. The van der Waals surface area contributed by atoms with Gasteiger partial charge in [0.15, 0.2) is 0 Å². The standard InChI is InChI=1S/C12H21ClF3NO/c13-11-4-1-3-10(7-11)8-17-5-2-6-18-9-12(14,15)16/h10-11,17H,1-9H2. The summed E-state index contributed by atoms with van der Waals surface area (Å²) in [6.45, 7) is 0.600. The van der Waals surface area contributed by atoms with Crippen LogP contribution in [-0.2, 0) is 4.74 Å². The van der Waals surface area contributed by atoms with E-state index >= 15 is 0 Å². The van der Waals surface area contributed by atoms with Crippen molar-refractivity contribution < 1.29 is 17.9 Å². The summed E-state index contributed by atoms with van der Waals surface area (Å²) in [6, 6.07) is 0. The van der Waals surface area contributed by atoms with Crippen LogP contribution in [0.5, 0.6) is 0 Å². The van der Waals surface area contributed by atoms with Gasteiger partial charge in [0, 0.05) is 12.0 Å². The molecule has 0 saturated heterocycles. The van der Waals surface area contributed by atoms with Crippen LogP contribution in [0.2, 0.25) is 0 Å². The molecule has 0 amide bonds. The monoisotopic (exact) mass is 287 g/mol. The average Bonchev–Trinajstić information content (AvgIpc) is 2.26. The van der Waals surface area contributed by atoms with Gasteiger partial charge in [0.25, 0.3) is 0 Å². The van der Waals surface area contributed by atoms with Crippen LogP contribution in [0.1, 0.15) is 32.1 Å². The van der Waals surface area contributed by atoms with Crippen molar-refractivity contribution in [3.05, 3.63) is 0 Å². The van der Waals surface area contributed by atoms with E-state index in [1.165, 1.54) is 12.8 Å². The molecule has 2 nitrogen and oxygen atoms in total. The maximum absolute atomic E-state index is 11.8. The van der Waals surface area contributed by atoms with Crippen LogP contribution in [0.3, 0.4) is 0 Å². The summed E-state index contributed by atoms with van der Waals surface area (Å²) in [4.78, 5) is 0. The van der Waals surface area contributed by atoms with Gasteiger partial charge in [-0.15, -0.1) is 11.6 Å². The summed E-state index contributed by atoms with van der Waals surface area (Å²) in [6.07, 6.45) is 0.899. The van der Waals surface area contributed by atoms with Gasteiger partial charge in [0.2, 0.25) is 0 Å². The molecule has 0 bridgehead atoms. The van der Waals surface area contributed by atoms with E-state index in [1.807, 2.05) is 0 Å². The highest BCUT2D eigenvalue weighted by molar-refractivity contribution is 6.20. The number of hydrogen-bond donors (Lipinski definition) is 1. The molecule has 2 unspecified atom stereocenters. The summed E-state index contributed by atoms with van der Waals surface area (Å²) in [5.41, 5.74) is 0. The number of hydrogen-bond acceptors (Lipinski definition) is 2. The average molecular weight is 288 g/mol. The Morgan fingerprint density at radius 1 is 1.28 bits per heavy atom. The highest BCUT2D eigenvalue weighted by atomic mass is 35.5. The lowest BCUT2D eigenvalue weighted by Gasteiger charge is -2.25. The van der Waals surface area contributed by atoms with Gasteiger partial charge in [-0.3, -0.25) is 0 Å². The lowest BCUT2D eigenvalue weighted by atomic mass is 9.89. The van der Waals surface area contributed by atoms with Gasteiger partial charge in [0.1, 0.15) is 6.61 Å². The molecule has 0 radical (unpaired) electrons. The zero-order valence-electron chi connectivity index (χ0n) is 10.4. The Hall–Kier alpha value is 0. The van der Waals surface area contributed by atoms with Gasteiger partial charge in [0.05, 0.1) is 0 Å². The zero-order chi connectivity index (χ0) is 13.4. The van der Waals surface area contributed by atoms with E-state index in [0.29, 0.717) is 24.3 Å². The van der Waals surface area contributed by atoms with Crippen molar-refractivity contribution >= 4 is 11.6 Å². The van der Waals surface area contributed by atoms with Crippen LogP contribution in [0.25, 0.3) is 0 Å². The lowest BCUT2D eigenvalue weighted by molar-refractivity contribution is -0.173. The third kappa shape index (κ3) is 8.16. The molecule has 1 aliphatic carbocycles. The van der Waals surface area contributed by atoms with Crippen LogP contribution >= 0.6 is 11.6 Å². The van der Waals surface area contributed by atoms with Crippen LogP contribution in [0.4, 0.5) is 13.2 Å². The van der Waals surface area contributed by atoms with Gasteiger partial charge >= 0.3 is 6.18 Å². The van der Waals surface area contributed by atoms with Crippen molar-refractivity contribution in [2.24, 2.45) is 5.92 Å². The zero-order valence-corrected chi connectivity index (χ0v) is 11.2. The molecule has 0 aromatic rings.